The number of aromatic nitrogens is 4. The van der Waals surface area contributed by atoms with Gasteiger partial charge in [0.2, 0.25) is 11.8 Å². The summed E-state index contributed by atoms with van der Waals surface area (Å²) in [6, 6.07) is 9.84. The number of ether oxygens (including phenoxy) is 4. The van der Waals surface area contributed by atoms with Crippen LogP contribution in [0.15, 0.2) is 36.7 Å². The Morgan fingerprint density at radius 3 is 2.90 bits per heavy atom. The third-order valence-corrected chi connectivity index (χ3v) is 5.48. The summed E-state index contributed by atoms with van der Waals surface area (Å²) in [6.45, 7) is 2.68. The van der Waals surface area contributed by atoms with Gasteiger partial charge in [0, 0.05) is 0 Å². The number of rotatable bonds is 7. The first-order valence-electron chi connectivity index (χ1n) is 9.84. The van der Waals surface area contributed by atoms with Crippen LogP contribution in [0.5, 0.6) is 5.88 Å². The lowest BCUT2D eigenvalue weighted by Gasteiger charge is -2.29. The predicted molar refractivity (Wildman–Crippen MR) is 106 cm³/mol. The molecule has 5 rings (SSSR count). The normalized spacial score (nSPS) is 27.7. The zero-order valence-electron chi connectivity index (χ0n) is 16.5. The first-order valence-corrected chi connectivity index (χ1v) is 9.84. The number of imidazole rings is 1. The van der Waals surface area contributed by atoms with Crippen LogP contribution in [0.3, 0.4) is 0 Å². The molecule has 2 aliphatic rings. The maximum Gasteiger partial charge on any atom is 0.247 e. The minimum atomic E-state index is -0.956. The number of hydrogen-bond donors (Lipinski definition) is 2. The molecule has 3 aromatic rings. The van der Waals surface area contributed by atoms with Crippen LogP contribution in [-0.2, 0) is 20.8 Å². The summed E-state index contributed by atoms with van der Waals surface area (Å²) in [5, 5.41) is 10.1. The van der Waals surface area contributed by atoms with Crippen LogP contribution >= 0.6 is 0 Å². The van der Waals surface area contributed by atoms with Crippen molar-refractivity contribution >= 4 is 17.1 Å². The Bertz CT molecular complexity index is 1040. The molecule has 2 saturated heterocycles. The summed E-state index contributed by atoms with van der Waals surface area (Å²) in [5.74, 6) is 0.391. The smallest absolute Gasteiger partial charge is 0.247 e. The standard InChI is InChI=1S/C20H23N5O5/c1-2-27-17-13-16(23-19(21)24-17)25(11-22-13)18-14-15(20(9-26,30-18)10-29-14)28-8-12-6-4-3-5-7-12/h3-7,11,14-15,18,26H,2,8-10H2,1H3,(H2,21,23,24)/t14-,15+,18-,20+/m1/s1. The largest absolute Gasteiger partial charge is 0.476 e. The van der Waals surface area contributed by atoms with E-state index in [9.17, 15) is 5.11 Å². The Balaban J connectivity index is 1.46. The second kappa shape index (κ2) is 7.47. The highest BCUT2D eigenvalue weighted by atomic mass is 16.7. The molecule has 2 bridgehead atoms. The van der Waals surface area contributed by atoms with Gasteiger partial charge in [-0.05, 0) is 12.5 Å². The maximum absolute atomic E-state index is 10.1. The third kappa shape index (κ3) is 3.00. The molecular weight excluding hydrogens is 390 g/mol. The molecule has 0 spiro atoms. The molecule has 10 heteroatoms. The van der Waals surface area contributed by atoms with Crippen LogP contribution in [0.25, 0.3) is 11.2 Å². The van der Waals surface area contributed by atoms with Crippen LogP contribution < -0.4 is 10.5 Å². The van der Waals surface area contributed by atoms with Gasteiger partial charge in [-0.15, -0.1) is 0 Å². The number of nitrogens with two attached hydrogens (primary N) is 1. The number of fused-ring (bicyclic) bond motifs is 3. The topological polar surface area (TPSA) is 127 Å². The van der Waals surface area contributed by atoms with Crippen LogP contribution in [0.4, 0.5) is 5.95 Å². The molecule has 10 nitrogen and oxygen atoms in total. The van der Waals surface area contributed by atoms with Crippen molar-refractivity contribution in [3.8, 4) is 5.88 Å². The Kier molecular flexibility index (Phi) is 4.78. The Morgan fingerprint density at radius 1 is 1.30 bits per heavy atom. The van der Waals surface area contributed by atoms with Crippen LogP contribution in [-0.4, -0.2) is 62.3 Å². The number of aliphatic hydroxyl groups excluding tert-OH is 1. The fraction of sp³-hybridized carbons (Fsp3) is 0.450. The number of aliphatic hydroxyl groups is 1. The molecule has 2 fully saturated rings. The SMILES string of the molecule is CCOc1nc(N)nc2c1ncn2[C@@H]1O[C@@]2(CO)CO[C@@H]1[C@@H]2OCc1ccccc1. The molecule has 0 radical (unpaired) electrons. The summed E-state index contributed by atoms with van der Waals surface area (Å²) in [6.07, 6.45) is 0.121. The van der Waals surface area contributed by atoms with Crippen molar-refractivity contribution in [2.24, 2.45) is 0 Å². The van der Waals surface area contributed by atoms with Crippen LogP contribution in [0, 0.1) is 0 Å². The van der Waals surface area contributed by atoms with E-state index in [1.54, 1.807) is 10.9 Å². The summed E-state index contributed by atoms with van der Waals surface area (Å²) in [7, 11) is 0. The first-order chi connectivity index (χ1) is 14.6. The van der Waals surface area contributed by atoms with E-state index < -0.39 is 24.0 Å². The fourth-order valence-electron chi connectivity index (χ4n) is 4.07. The summed E-state index contributed by atoms with van der Waals surface area (Å²) in [4.78, 5) is 12.8. The molecule has 1 aromatic carbocycles. The number of benzene rings is 1. The fourth-order valence-corrected chi connectivity index (χ4v) is 4.07. The highest BCUT2D eigenvalue weighted by Gasteiger charge is 2.63. The monoisotopic (exact) mass is 413 g/mol. The van der Waals surface area contributed by atoms with Gasteiger partial charge < -0.3 is 29.8 Å². The zero-order valence-corrected chi connectivity index (χ0v) is 16.5. The molecule has 4 atom stereocenters. The molecule has 0 aliphatic carbocycles. The molecular formula is C20H23N5O5. The van der Waals surface area contributed by atoms with Crippen LogP contribution in [0.1, 0.15) is 18.7 Å². The molecule has 2 aromatic heterocycles. The highest BCUT2D eigenvalue weighted by molar-refractivity contribution is 5.77. The first kappa shape index (κ1) is 19.2. The minimum absolute atomic E-state index is 0.0746. The number of hydrogen-bond acceptors (Lipinski definition) is 9. The Hall–Kier alpha value is -2.79. The van der Waals surface area contributed by atoms with Crippen molar-refractivity contribution in [2.45, 2.75) is 37.6 Å². The third-order valence-electron chi connectivity index (χ3n) is 5.48. The van der Waals surface area contributed by atoms with Gasteiger partial charge in [-0.25, -0.2) is 4.98 Å². The van der Waals surface area contributed by atoms with Crippen molar-refractivity contribution < 1.29 is 24.1 Å². The van der Waals surface area contributed by atoms with Crippen molar-refractivity contribution in [1.29, 1.82) is 0 Å². The molecule has 2 aliphatic heterocycles. The minimum Gasteiger partial charge on any atom is -0.476 e. The Morgan fingerprint density at radius 2 is 2.13 bits per heavy atom. The van der Waals surface area contributed by atoms with Gasteiger partial charge in [0.15, 0.2) is 17.4 Å². The maximum atomic E-state index is 10.1. The van der Waals surface area contributed by atoms with Gasteiger partial charge in [0.1, 0.15) is 17.8 Å². The van der Waals surface area contributed by atoms with E-state index in [2.05, 4.69) is 15.0 Å². The lowest BCUT2D eigenvalue weighted by molar-refractivity contribution is -0.187. The average Bonchev–Trinajstić information content (AvgIpc) is 3.43. The van der Waals surface area contributed by atoms with Crippen molar-refractivity contribution in [2.75, 3.05) is 25.6 Å². The van der Waals surface area contributed by atoms with Gasteiger partial charge >= 0.3 is 0 Å². The van der Waals surface area contributed by atoms with Gasteiger partial charge in [0.25, 0.3) is 0 Å². The summed E-state index contributed by atoms with van der Waals surface area (Å²) in [5.41, 5.74) is 6.90. The zero-order chi connectivity index (χ0) is 20.7. The second-order valence-corrected chi connectivity index (χ2v) is 7.37. The molecule has 4 heterocycles. The van der Waals surface area contributed by atoms with Gasteiger partial charge in [-0.2, -0.15) is 9.97 Å². The molecule has 0 unspecified atom stereocenters. The van der Waals surface area contributed by atoms with Crippen molar-refractivity contribution in [3.63, 3.8) is 0 Å². The quantitative estimate of drug-likeness (QED) is 0.584. The van der Waals surface area contributed by atoms with E-state index in [0.717, 1.165) is 5.56 Å². The summed E-state index contributed by atoms with van der Waals surface area (Å²) < 4.78 is 25.7. The molecule has 3 N–H and O–H groups in total. The number of nitrogen functional groups attached to an aromatic ring is 1. The van der Waals surface area contributed by atoms with E-state index in [1.807, 2.05) is 37.3 Å². The van der Waals surface area contributed by atoms with Gasteiger partial charge in [-0.1, -0.05) is 30.3 Å². The molecule has 30 heavy (non-hydrogen) atoms. The van der Waals surface area contributed by atoms with Crippen LogP contribution in [0.2, 0.25) is 0 Å². The molecule has 158 valence electrons. The van der Waals surface area contributed by atoms with E-state index in [-0.39, 0.29) is 19.2 Å². The van der Waals surface area contributed by atoms with E-state index >= 15 is 0 Å². The molecule has 0 saturated carbocycles. The van der Waals surface area contributed by atoms with Gasteiger partial charge in [-0.3, -0.25) is 4.57 Å². The Labute approximate surface area is 172 Å². The predicted octanol–water partition coefficient (Wildman–Crippen LogP) is 1.05. The lowest BCUT2D eigenvalue weighted by atomic mass is 10.00. The van der Waals surface area contributed by atoms with E-state index in [1.165, 1.54) is 0 Å². The van der Waals surface area contributed by atoms with E-state index in [4.69, 9.17) is 24.7 Å². The van der Waals surface area contributed by atoms with Crippen molar-refractivity contribution in [1.82, 2.24) is 19.5 Å². The highest BCUT2D eigenvalue weighted by Crippen LogP contribution is 2.47. The number of nitrogens with zero attached hydrogens (tertiary/aromatic N) is 4. The number of anilines is 1. The summed E-state index contributed by atoms with van der Waals surface area (Å²) >= 11 is 0. The lowest BCUT2D eigenvalue weighted by Crippen LogP contribution is -2.45. The average molecular weight is 413 g/mol. The second-order valence-electron chi connectivity index (χ2n) is 7.37. The molecule has 0 amide bonds. The van der Waals surface area contributed by atoms with Crippen molar-refractivity contribution in [3.05, 3.63) is 42.2 Å². The van der Waals surface area contributed by atoms with Gasteiger partial charge in [0.05, 0.1) is 32.8 Å². The van der Waals surface area contributed by atoms with E-state index in [0.29, 0.717) is 30.3 Å².